The Bertz CT molecular complexity index is 487. The molecule has 0 fully saturated rings. The lowest BCUT2D eigenvalue weighted by Crippen LogP contribution is -2.28. The Kier molecular flexibility index (Phi) is 4.37. The second kappa shape index (κ2) is 5.26. The molecule has 0 N–H and O–H groups in total. The SMILES string of the molecule is CCCN(C)c1ccc(S(=O)(=O)C(C)(C)C)nc1. The molecule has 1 heterocycles. The van der Waals surface area contributed by atoms with Crippen molar-refractivity contribution in [2.24, 2.45) is 0 Å². The average molecular weight is 270 g/mol. The third-order valence-corrected chi connectivity index (χ3v) is 5.21. The summed E-state index contributed by atoms with van der Waals surface area (Å²) in [5.41, 5.74) is 0.935. The second-order valence-electron chi connectivity index (χ2n) is 5.39. The van der Waals surface area contributed by atoms with Gasteiger partial charge in [0, 0.05) is 13.6 Å². The first-order valence-corrected chi connectivity index (χ1v) is 7.60. The van der Waals surface area contributed by atoms with Crippen molar-refractivity contribution in [1.29, 1.82) is 0 Å². The van der Waals surface area contributed by atoms with Crippen molar-refractivity contribution in [3.8, 4) is 0 Å². The summed E-state index contributed by atoms with van der Waals surface area (Å²) in [6.45, 7) is 8.07. The standard InChI is InChI=1S/C13H22N2O2S/c1-6-9-15(5)11-7-8-12(14-10-11)18(16,17)13(2,3)4/h7-8,10H,6,9H2,1-5H3. The van der Waals surface area contributed by atoms with Gasteiger partial charge in [0.1, 0.15) is 0 Å². The fraction of sp³-hybridized carbons (Fsp3) is 0.615. The summed E-state index contributed by atoms with van der Waals surface area (Å²) >= 11 is 0. The number of anilines is 1. The molecule has 0 unspecified atom stereocenters. The van der Waals surface area contributed by atoms with Crippen LogP contribution < -0.4 is 4.90 Å². The lowest BCUT2D eigenvalue weighted by Gasteiger charge is -2.20. The molecule has 0 saturated carbocycles. The van der Waals surface area contributed by atoms with Crippen molar-refractivity contribution < 1.29 is 8.42 Å². The zero-order chi connectivity index (χ0) is 14.0. The highest BCUT2D eigenvalue weighted by atomic mass is 32.2. The largest absolute Gasteiger partial charge is 0.373 e. The van der Waals surface area contributed by atoms with Crippen molar-refractivity contribution >= 4 is 15.5 Å². The molecule has 0 spiro atoms. The average Bonchev–Trinajstić information content (AvgIpc) is 2.28. The van der Waals surface area contributed by atoms with E-state index < -0.39 is 14.6 Å². The molecule has 0 aromatic carbocycles. The highest BCUT2D eigenvalue weighted by molar-refractivity contribution is 7.92. The molecule has 0 saturated heterocycles. The first-order chi connectivity index (χ1) is 8.20. The summed E-state index contributed by atoms with van der Waals surface area (Å²) in [6.07, 6.45) is 2.66. The van der Waals surface area contributed by atoms with Gasteiger partial charge in [-0.1, -0.05) is 6.92 Å². The van der Waals surface area contributed by atoms with Crippen LogP contribution in [0.3, 0.4) is 0 Å². The molecule has 0 aliphatic heterocycles. The third-order valence-electron chi connectivity index (χ3n) is 2.80. The Morgan fingerprint density at radius 2 is 1.89 bits per heavy atom. The minimum Gasteiger partial charge on any atom is -0.373 e. The molecular weight excluding hydrogens is 248 g/mol. The fourth-order valence-electron chi connectivity index (χ4n) is 1.54. The number of pyridine rings is 1. The lowest BCUT2D eigenvalue weighted by atomic mass is 10.3. The number of rotatable bonds is 4. The van der Waals surface area contributed by atoms with Crippen LogP contribution in [0.5, 0.6) is 0 Å². The molecule has 1 aromatic heterocycles. The second-order valence-corrected chi connectivity index (χ2v) is 8.04. The Labute approximate surface area is 110 Å². The zero-order valence-electron chi connectivity index (χ0n) is 11.8. The van der Waals surface area contributed by atoms with Gasteiger partial charge < -0.3 is 4.90 Å². The smallest absolute Gasteiger partial charge is 0.200 e. The van der Waals surface area contributed by atoms with E-state index in [-0.39, 0.29) is 5.03 Å². The maximum Gasteiger partial charge on any atom is 0.200 e. The predicted molar refractivity (Wildman–Crippen MR) is 74.7 cm³/mol. The van der Waals surface area contributed by atoms with Crippen LogP contribution in [0.15, 0.2) is 23.4 Å². The van der Waals surface area contributed by atoms with Crippen LogP contribution in [0.1, 0.15) is 34.1 Å². The molecule has 0 aliphatic carbocycles. The van der Waals surface area contributed by atoms with Gasteiger partial charge in [0.2, 0.25) is 0 Å². The van der Waals surface area contributed by atoms with E-state index >= 15 is 0 Å². The van der Waals surface area contributed by atoms with E-state index in [1.54, 1.807) is 39.1 Å². The minimum atomic E-state index is -3.36. The maximum absolute atomic E-state index is 12.2. The van der Waals surface area contributed by atoms with Gasteiger partial charge in [-0.15, -0.1) is 0 Å². The Balaban J connectivity index is 3.04. The van der Waals surface area contributed by atoms with Gasteiger partial charge in [-0.05, 0) is 39.3 Å². The van der Waals surface area contributed by atoms with Crippen molar-refractivity contribution in [3.63, 3.8) is 0 Å². The molecule has 0 bridgehead atoms. The molecular formula is C13H22N2O2S. The Morgan fingerprint density at radius 3 is 2.28 bits per heavy atom. The molecule has 18 heavy (non-hydrogen) atoms. The van der Waals surface area contributed by atoms with E-state index in [1.807, 2.05) is 7.05 Å². The van der Waals surface area contributed by atoms with Crippen LogP contribution in [0.4, 0.5) is 5.69 Å². The van der Waals surface area contributed by atoms with Gasteiger partial charge in [-0.3, -0.25) is 0 Å². The number of nitrogens with zero attached hydrogens (tertiary/aromatic N) is 2. The van der Waals surface area contributed by atoms with Crippen molar-refractivity contribution in [2.75, 3.05) is 18.5 Å². The number of aromatic nitrogens is 1. The van der Waals surface area contributed by atoms with Crippen LogP contribution in [0, 0.1) is 0 Å². The normalized spacial score (nSPS) is 12.5. The third kappa shape index (κ3) is 3.02. The topological polar surface area (TPSA) is 50.3 Å². The number of sulfone groups is 1. The van der Waals surface area contributed by atoms with Gasteiger partial charge in [0.15, 0.2) is 14.9 Å². The van der Waals surface area contributed by atoms with Crippen LogP contribution in [0.2, 0.25) is 0 Å². The van der Waals surface area contributed by atoms with E-state index in [4.69, 9.17) is 0 Å². The molecule has 1 aromatic rings. The maximum atomic E-state index is 12.2. The first-order valence-electron chi connectivity index (χ1n) is 6.12. The highest BCUT2D eigenvalue weighted by Crippen LogP contribution is 2.24. The van der Waals surface area contributed by atoms with Crippen molar-refractivity contribution in [3.05, 3.63) is 18.3 Å². The minimum absolute atomic E-state index is 0.142. The van der Waals surface area contributed by atoms with E-state index in [2.05, 4.69) is 16.8 Å². The van der Waals surface area contributed by atoms with E-state index in [0.29, 0.717) is 0 Å². The molecule has 0 aliphatic rings. The molecule has 0 atom stereocenters. The summed E-state index contributed by atoms with van der Waals surface area (Å²) in [6, 6.07) is 3.39. The van der Waals surface area contributed by atoms with E-state index in [0.717, 1.165) is 18.7 Å². The monoisotopic (exact) mass is 270 g/mol. The number of hydrogen-bond donors (Lipinski definition) is 0. The van der Waals surface area contributed by atoms with Crippen LogP contribution in [-0.2, 0) is 9.84 Å². The fourth-order valence-corrected chi connectivity index (χ4v) is 2.60. The summed E-state index contributed by atoms with van der Waals surface area (Å²) in [7, 11) is -1.39. The van der Waals surface area contributed by atoms with Crippen molar-refractivity contribution in [2.45, 2.75) is 43.9 Å². The molecule has 0 radical (unpaired) electrons. The molecule has 0 amide bonds. The molecule has 1 rings (SSSR count). The van der Waals surface area contributed by atoms with Gasteiger partial charge >= 0.3 is 0 Å². The van der Waals surface area contributed by atoms with E-state index in [1.165, 1.54) is 0 Å². The van der Waals surface area contributed by atoms with Crippen LogP contribution in [-0.4, -0.2) is 31.7 Å². The molecule has 102 valence electrons. The molecule has 4 nitrogen and oxygen atoms in total. The quantitative estimate of drug-likeness (QED) is 0.843. The van der Waals surface area contributed by atoms with Gasteiger partial charge in [0.05, 0.1) is 16.6 Å². The predicted octanol–water partition coefficient (Wildman–Crippen LogP) is 2.50. The summed E-state index contributed by atoms with van der Waals surface area (Å²) < 4.78 is 23.5. The zero-order valence-corrected chi connectivity index (χ0v) is 12.6. The van der Waals surface area contributed by atoms with E-state index in [9.17, 15) is 8.42 Å². The summed E-state index contributed by atoms with van der Waals surface area (Å²) in [5, 5.41) is 0.142. The highest BCUT2D eigenvalue weighted by Gasteiger charge is 2.31. The Hall–Kier alpha value is -1.10. The lowest BCUT2D eigenvalue weighted by molar-refractivity contribution is 0.556. The van der Waals surface area contributed by atoms with Gasteiger partial charge in [-0.25, -0.2) is 13.4 Å². The van der Waals surface area contributed by atoms with Gasteiger partial charge in [-0.2, -0.15) is 0 Å². The summed E-state index contributed by atoms with van der Waals surface area (Å²) in [5.74, 6) is 0. The van der Waals surface area contributed by atoms with Crippen molar-refractivity contribution in [1.82, 2.24) is 4.98 Å². The Morgan fingerprint density at radius 1 is 1.28 bits per heavy atom. The first kappa shape index (κ1) is 15.0. The van der Waals surface area contributed by atoms with Crippen LogP contribution in [0.25, 0.3) is 0 Å². The van der Waals surface area contributed by atoms with Crippen LogP contribution >= 0.6 is 0 Å². The summed E-state index contributed by atoms with van der Waals surface area (Å²) in [4.78, 5) is 6.15. The number of hydrogen-bond acceptors (Lipinski definition) is 4. The van der Waals surface area contributed by atoms with Gasteiger partial charge in [0.25, 0.3) is 0 Å². The molecule has 5 heteroatoms.